The molecule has 1 fully saturated rings. The summed E-state index contributed by atoms with van der Waals surface area (Å²) in [7, 11) is 0. The standard InChI is InChI=1S/C32H39BrN6O4S/c1-5-15-44-32-36-31-34-21(4)27(30(41)35-23-12-10-11-20(3)16-23)28(39(31)37-32)22-17-24(33)29(25(18-22)42-6-2)43-19-26(40)38-13-8-7-9-14-38/h10-12,16-18,28H,5-9,13-15,19H2,1-4H3,(H,35,41)(H,34,36,37). The molecule has 2 aliphatic heterocycles. The molecule has 1 aromatic heterocycles. The third-order valence-corrected chi connectivity index (χ3v) is 9.12. The molecule has 1 atom stereocenters. The molecule has 10 nitrogen and oxygen atoms in total. The number of likely N-dealkylation sites (tertiary alicyclic amines) is 1. The maximum absolute atomic E-state index is 14.0. The molecule has 1 unspecified atom stereocenters. The number of allylic oxidation sites excluding steroid dienone is 1. The number of nitrogens with one attached hydrogen (secondary N) is 2. The Morgan fingerprint density at radius 3 is 2.64 bits per heavy atom. The van der Waals surface area contributed by atoms with E-state index in [4.69, 9.17) is 19.6 Å². The van der Waals surface area contributed by atoms with Gasteiger partial charge in [-0.05, 0) is 97.8 Å². The molecule has 2 aliphatic rings. The summed E-state index contributed by atoms with van der Waals surface area (Å²) in [5, 5.41) is 11.8. The number of thioether (sulfide) groups is 1. The van der Waals surface area contributed by atoms with E-state index in [0.29, 0.717) is 50.6 Å². The number of fused-ring (bicyclic) bond motifs is 1. The number of hydrogen-bond acceptors (Lipinski definition) is 8. The quantitative estimate of drug-likeness (QED) is 0.219. The Kier molecular flexibility index (Phi) is 10.5. The molecule has 0 radical (unpaired) electrons. The zero-order valence-corrected chi connectivity index (χ0v) is 28.0. The number of amides is 2. The summed E-state index contributed by atoms with van der Waals surface area (Å²) in [4.78, 5) is 33.4. The van der Waals surface area contributed by atoms with Gasteiger partial charge < -0.3 is 25.0 Å². The van der Waals surface area contributed by atoms with Crippen molar-refractivity contribution in [1.82, 2.24) is 19.7 Å². The van der Waals surface area contributed by atoms with Crippen molar-refractivity contribution in [3.8, 4) is 11.5 Å². The lowest BCUT2D eigenvalue weighted by molar-refractivity contribution is -0.134. The molecule has 3 aromatic rings. The normalized spacial score (nSPS) is 16.3. The van der Waals surface area contributed by atoms with Crippen molar-refractivity contribution in [3.05, 3.63) is 63.3 Å². The van der Waals surface area contributed by atoms with Crippen molar-refractivity contribution in [2.24, 2.45) is 0 Å². The zero-order valence-electron chi connectivity index (χ0n) is 25.6. The highest BCUT2D eigenvalue weighted by molar-refractivity contribution is 9.10. The van der Waals surface area contributed by atoms with E-state index in [1.165, 1.54) is 0 Å². The number of carbonyl (C=O) groups is 2. The number of piperidine rings is 1. The highest BCUT2D eigenvalue weighted by atomic mass is 79.9. The highest BCUT2D eigenvalue weighted by Gasteiger charge is 2.35. The Morgan fingerprint density at radius 2 is 1.91 bits per heavy atom. The SMILES string of the molecule is CCCSc1nc2n(n1)C(c1cc(Br)c(OCC(=O)N3CCCCC3)c(OCC)c1)C(C(=O)Nc1cccc(C)c1)=C(C)N2. The predicted octanol–water partition coefficient (Wildman–Crippen LogP) is 6.57. The van der Waals surface area contributed by atoms with Crippen molar-refractivity contribution in [2.45, 2.75) is 64.6 Å². The molecule has 234 valence electrons. The highest BCUT2D eigenvalue weighted by Crippen LogP contribution is 2.43. The summed E-state index contributed by atoms with van der Waals surface area (Å²) in [6, 6.07) is 10.8. The van der Waals surface area contributed by atoms with Crippen LogP contribution in [0.3, 0.4) is 0 Å². The molecule has 12 heteroatoms. The van der Waals surface area contributed by atoms with E-state index in [0.717, 1.165) is 55.7 Å². The average Bonchev–Trinajstić information content (AvgIpc) is 3.41. The van der Waals surface area contributed by atoms with E-state index in [2.05, 4.69) is 33.5 Å². The summed E-state index contributed by atoms with van der Waals surface area (Å²) in [5.41, 5.74) is 3.68. The van der Waals surface area contributed by atoms with Crippen molar-refractivity contribution < 1.29 is 19.1 Å². The Bertz CT molecular complexity index is 1550. The largest absolute Gasteiger partial charge is 0.490 e. The molecule has 2 amide bonds. The minimum absolute atomic E-state index is 0.0421. The molecule has 5 rings (SSSR count). The van der Waals surface area contributed by atoms with Crippen LogP contribution >= 0.6 is 27.7 Å². The van der Waals surface area contributed by atoms with Gasteiger partial charge in [-0.25, -0.2) is 4.68 Å². The molecule has 0 spiro atoms. The summed E-state index contributed by atoms with van der Waals surface area (Å²) in [6.45, 7) is 9.68. The molecular formula is C32H39BrN6O4S. The molecule has 3 heterocycles. The molecule has 1 saturated heterocycles. The third kappa shape index (κ3) is 7.23. The van der Waals surface area contributed by atoms with Gasteiger partial charge in [0.15, 0.2) is 18.1 Å². The first-order chi connectivity index (χ1) is 21.3. The Balaban J connectivity index is 1.52. The summed E-state index contributed by atoms with van der Waals surface area (Å²) >= 11 is 5.25. The van der Waals surface area contributed by atoms with E-state index in [1.54, 1.807) is 16.4 Å². The fraction of sp³-hybridized carbons (Fsp3) is 0.438. The number of rotatable bonds is 11. The van der Waals surface area contributed by atoms with Gasteiger partial charge in [-0.1, -0.05) is 30.8 Å². The van der Waals surface area contributed by atoms with E-state index >= 15 is 0 Å². The van der Waals surface area contributed by atoms with Crippen LogP contribution in [0, 0.1) is 6.92 Å². The van der Waals surface area contributed by atoms with Crippen LogP contribution in [0.15, 0.2) is 57.3 Å². The van der Waals surface area contributed by atoms with Gasteiger partial charge >= 0.3 is 0 Å². The van der Waals surface area contributed by atoms with Crippen molar-refractivity contribution in [3.63, 3.8) is 0 Å². The van der Waals surface area contributed by atoms with Crippen LogP contribution in [0.2, 0.25) is 0 Å². The Morgan fingerprint density at radius 1 is 1.11 bits per heavy atom. The van der Waals surface area contributed by atoms with Crippen LogP contribution < -0.4 is 20.1 Å². The first kappa shape index (κ1) is 31.9. The molecule has 0 aliphatic carbocycles. The average molecular weight is 684 g/mol. The van der Waals surface area contributed by atoms with Crippen LogP contribution in [0.25, 0.3) is 0 Å². The number of carbonyl (C=O) groups excluding carboxylic acids is 2. The number of ether oxygens (including phenoxy) is 2. The lowest BCUT2D eigenvalue weighted by Gasteiger charge is -2.29. The third-order valence-electron chi connectivity index (χ3n) is 7.49. The van der Waals surface area contributed by atoms with Gasteiger partial charge in [0.25, 0.3) is 11.8 Å². The lowest BCUT2D eigenvalue weighted by Crippen LogP contribution is -2.38. The molecule has 2 N–H and O–H groups in total. The first-order valence-electron chi connectivity index (χ1n) is 15.1. The number of halogens is 1. The summed E-state index contributed by atoms with van der Waals surface area (Å²) < 4.78 is 14.5. The predicted molar refractivity (Wildman–Crippen MR) is 177 cm³/mol. The van der Waals surface area contributed by atoms with Crippen LogP contribution in [0.4, 0.5) is 11.6 Å². The van der Waals surface area contributed by atoms with Gasteiger partial charge in [-0.15, -0.1) is 5.10 Å². The van der Waals surface area contributed by atoms with Gasteiger partial charge in [0.05, 0.1) is 16.7 Å². The van der Waals surface area contributed by atoms with Gasteiger partial charge in [0, 0.05) is 30.2 Å². The minimum atomic E-state index is -0.612. The van der Waals surface area contributed by atoms with Gasteiger partial charge in [-0.2, -0.15) is 4.98 Å². The van der Waals surface area contributed by atoms with Gasteiger partial charge in [0.1, 0.15) is 6.04 Å². The molecule has 44 heavy (non-hydrogen) atoms. The van der Waals surface area contributed by atoms with Crippen molar-refractivity contribution in [2.75, 3.05) is 42.7 Å². The Labute approximate surface area is 271 Å². The molecule has 0 saturated carbocycles. The molecule has 2 aromatic carbocycles. The maximum Gasteiger partial charge on any atom is 0.260 e. The van der Waals surface area contributed by atoms with E-state index in [9.17, 15) is 9.59 Å². The summed E-state index contributed by atoms with van der Waals surface area (Å²) in [5.74, 6) is 2.05. The minimum Gasteiger partial charge on any atom is -0.490 e. The number of aryl methyl sites for hydroxylation is 1. The lowest BCUT2D eigenvalue weighted by atomic mass is 9.94. The number of aromatic nitrogens is 3. The fourth-order valence-corrected chi connectivity index (χ4v) is 6.68. The smallest absolute Gasteiger partial charge is 0.260 e. The van der Waals surface area contributed by atoms with E-state index in [-0.39, 0.29) is 18.4 Å². The van der Waals surface area contributed by atoms with Crippen LogP contribution in [-0.4, -0.2) is 63.5 Å². The van der Waals surface area contributed by atoms with Crippen molar-refractivity contribution >= 4 is 51.1 Å². The second kappa shape index (κ2) is 14.5. The monoisotopic (exact) mass is 682 g/mol. The maximum atomic E-state index is 14.0. The number of hydrogen-bond donors (Lipinski definition) is 2. The van der Waals surface area contributed by atoms with Gasteiger partial charge in [0.2, 0.25) is 11.1 Å². The van der Waals surface area contributed by atoms with Crippen LogP contribution in [0.1, 0.15) is 63.6 Å². The van der Waals surface area contributed by atoms with E-state index < -0.39 is 6.04 Å². The molecule has 0 bridgehead atoms. The molecular weight excluding hydrogens is 644 g/mol. The number of nitrogens with zero attached hydrogens (tertiary/aromatic N) is 4. The second-order valence-electron chi connectivity index (χ2n) is 10.9. The topological polar surface area (TPSA) is 111 Å². The van der Waals surface area contributed by atoms with E-state index in [1.807, 2.05) is 62.1 Å². The number of anilines is 2. The second-order valence-corrected chi connectivity index (χ2v) is 12.8. The number of benzene rings is 2. The van der Waals surface area contributed by atoms with Crippen LogP contribution in [-0.2, 0) is 9.59 Å². The Hall–Kier alpha value is -3.51. The van der Waals surface area contributed by atoms with Gasteiger partial charge in [-0.3, -0.25) is 9.59 Å². The zero-order chi connectivity index (χ0) is 31.2. The fourth-order valence-electron chi connectivity index (χ4n) is 5.43. The van der Waals surface area contributed by atoms with Crippen LogP contribution in [0.5, 0.6) is 11.5 Å². The first-order valence-corrected chi connectivity index (χ1v) is 16.9. The summed E-state index contributed by atoms with van der Waals surface area (Å²) in [6.07, 6.45) is 4.16. The van der Waals surface area contributed by atoms with Crippen molar-refractivity contribution in [1.29, 1.82) is 0 Å².